The number of amides is 1. The van der Waals surface area contributed by atoms with Crippen LogP contribution in [0.1, 0.15) is 5.56 Å². The molecule has 0 radical (unpaired) electrons. The summed E-state index contributed by atoms with van der Waals surface area (Å²) in [7, 11) is 1.98. The van der Waals surface area contributed by atoms with Crippen molar-refractivity contribution in [2.24, 2.45) is 0 Å². The van der Waals surface area contributed by atoms with E-state index in [2.05, 4.69) is 4.90 Å². The van der Waals surface area contributed by atoms with Crippen molar-refractivity contribution < 1.29 is 14.7 Å². The summed E-state index contributed by atoms with van der Waals surface area (Å²) >= 11 is 6.16. The van der Waals surface area contributed by atoms with E-state index in [0.717, 1.165) is 33.6 Å². The first-order valence-electron chi connectivity index (χ1n) is 7.80. The van der Waals surface area contributed by atoms with Crippen LogP contribution in [0.2, 0.25) is 0 Å². The number of carboxylic acid groups (broad SMARTS) is 1. The summed E-state index contributed by atoms with van der Waals surface area (Å²) in [5, 5.41) is 10.7. The molecule has 5 nitrogen and oxygen atoms in total. The molecule has 1 amide bonds. The molecule has 0 aliphatic carbocycles. The van der Waals surface area contributed by atoms with Gasteiger partial charge in [-0.2, -0.15) is 0 Å². The Kier molecular flexibility index (Phi) is 5.39. The number of nitrogens with zero attached hydrogens (tertiary/aromatic N) is 2. The van der Waals surface area contributed by atoms with E-state index in [0.29, 0.717) is 4.91 Å². The smallest absolute Gasteiger partial charge is 0.266 e. The van der Waals surface area contributed by atoms with Gasteiger partial charge in [-0.15, -0.1) is 0 Å². The van der Waals surface area contributed by atoms with Crippen LogP contribution in [-0.4, -0.2) is 34.7 Å². The predicted molar refractivity (Wildman–Crippen MR) is 106 cm³/mol. The Morgan fingerprint density at radius 2 is 1.77 bits per heavy atom. The van der Waals surface area contributed by atoms with Crippen molar-refractivity contribution in [1.82, 2.24) is 4.90 Å². The average molecular weight is 383 g/mol. The maximum atomic E-state index is 12.3. The van der Waals surface area contributed by atoms with E-state index in [-0.39, 0.29) is 4.32 Å². The van der Waals surface area contributed by atoms with Gasteiger partial charge < -0.3 is 14.8 Å². The molecule has 132 valence electrons. The molecule has 1 aliphatic rings. The lowest BCUT2D eigenvalue weighted by atomic mass is 10.1. The third-order valence-corrected chi connectivity index (χ3v) is 5.26. The topological polar surface area (TPSA) is 63.7 Å². The second-order valence-corrected chi connectivity index (χ2v) is 7.30. The van der Waals surface area contributed by atoms with Crippen LogP contribution in [0.3, 0.4) is 0 Å². The number of benzene rings is 2. The highest BCUT2D eigenvalue weighted by Gasteiger charge is 2.31. The quantitative estimate of drug-likeness (QED) is 0.584. The molecule has 0 unspecified atom stereocenters. The second kappa shape index (κ2) is 7.72. The third kappa shape index (κ3) is 3.95. The zero-order valence-electron chi connectivity index (χ0n) is 13.9. The summed E-state index contributed by atoms with van der Waals surface area (Å²) in [6.07, 6.45) is 1.71. The summed E-state index contributed by atoms with van der Waals surface area (Å²) < 4.78 is 0.228. The van der Waals surface area contributed by atoms with Gasteiger partial charge >= 0.3 is 0 Å². The zero-order chi connectivity index (χ0) is 18.7. The number of aliphatic carboxylic acids is 1. The van der Waals surface area contributed by atoms with Crippen molar-refractivity contribution >= 4 is 57.6 Å². The molecule has 1 aliphatic heterocycles. The van der Waals surface area contributed by atoms with Gasteiger partial charge in [0.2, 0.25) is 0 Å². The minimum absolute atomic E-state index is 0.228. The van der Waals surface area contributed by atoms with Gasteiger partial charge in [0, 0.05) is 18.4 Å². The number of carbonyl (C=O) groups excluding carboxylic acids is 2. The van der Waals surface area contributed by atoms with Crippen LogP contribution in [0, 0.1) is 0 Å². The minimum Gasteiger partial charge on any atom is -0.548 e. The number of thiocarbonyl (C=S) groups is 1. The Bertz CT molecular complexity index is 879. The Morgan fingerprint density at radius 3 is 2.38 bits per heavy atom. The van der Waals surface area contributed by atoms with Crippen molar-refractivity contribution in [3.63, 3.8) is 0 Å². The number of hydrogen-bond acceptors (Lipinski definition) is 6. The van der Waals surface area contributed by atoms with Gasteiger partial charge in [-0.3, -0.25) is 9.69 Å². The number of anilines is 2. The first kappa shape index (κ1) is 18.2. The molecule has 2 aromatic carbocycles. The summed E-state index contributed by atoms with van der Waals surface area (Å²) in [4.78, 5) is 26.5. The molecule has 1 fully saturated rings. The minimum atomic E-state index is -1.34. The van der Waals surface area contributed by atoms with Gasteiger partial charge in [0.1, 0.15) is 4.32 Å². The lowest BCUT2D eigenvalue weighted by Gasteiger charge is -2.19. The molecule has 0 atom stereocenters. The first-order valence-corrected chi connectivity index (χ1v) is 9.02. The van der Waals surface area contributed by atoms with E-state index >= 15 is 0 Å². The maximum absolute atomic E-state index is 12.3. The molecule has 26 heavy (non-hydrogen) atoms. The first-order chi connectivity index (χ1) is 12.5. The fourth-order valence-electron chi connectivity index (χ4n) is 2.51. The van der Waals surface area contributed by atoms with Gasteiger partial charge in [-0.25, -0.2) is 0 Å². The molecule has 7 heteroatoms. The lowest BCUT2D eigenvalue weighted by molar-refractivity contribution is -0.305. The van der Waals surface area contributed by atoms with E-state index in [1.165, 1.54) is 0 Å². The molecule has 0 bridgehead atoms. The molecule has 0 aromatic heterocycles. The van der Waals surface area contributed by atoms with Gasteiger partial charge in [0.25, 0.3) is 5.91 Å². The average Bonchev–Trinajstić information content (AvgIpc) is 2.89. The van der Waals surface area contributed by atoms with Crippen molar-refractivity contribution in [2.75, 3.05) is 18.5 Å². The van der Waals surface area contributed by atoms with Crippen LogP contribution in [0.15, 0.2) is 59.5 Å². The highest BCUT2D eigenvalue weighted by Crippen LogP contribution is 2.32. The molecular weight excluding hydrogens is 368 g/mol. The van der Waals surface area contributed by atoms with Crippen molar-refractivity contribution in [3.05, 3.63) is 65.1 Å². The predicted octanol–water partition coefficient (Wildman–Crippen LogP) is 2.41. The number of thioether (sulfide) groups is 1. The van der Waals surface area contributed by atoms with Crippen molar-refractivity contribution in [2.45, 2.75) is 0 Å². The SMILES string of the molecule is CN(c1ccccc1)c1ccc(/C=C2\SC(=S)N(CC(=O)[O-])C2=O)cc1. The molecule has 0 N–H and O–H groups in total. The van der Waals surface area contributed by atoms with E-state index in [4.69, 9.17) is 12.2 Å². The Balaban J connectivity index is 1.77. The van der Waals surface area contributed by atoms with Crippen molar-refractivity contribution in [1.29, 1.82) is 0 Å². The van der Waals surface area contributed by atoms with Gasteiger partial charge in [0.05, 0.1) is 17.4 Å². The molecule has 2 aromatic rings. The molecule has 0 saturated carbocycles. The fourth-order valence-corrected chi connectivity index (χ4v) is 3.77. The monoisotopic (exact) mass is 383 g/mol. The largest absolute Gasteiger partial charge is 0.548 e. The van der Waals surface area contributed by atoms with E-state index in [1.807, 2.05) is 61.6 Å². The molecule has 1 heterocycles. The summed E-state index contributed by atoms with van der Waals surface area (Å²) in [5.41, 5.74) is 2.92. The number of carboxylic acids is 1. The Hall–Kier alpha value is -2.64. The molecule has 0 spiro atoms. The van der Waals surface area contributed by atoms with Crippen LogP contribution >= 0.6 is 24.0 Å². The third-order valence-electron chi connectivity index (χ3n) is 3.88. The van der Waals surface area contributed by atoms with Crippen LogP contribution in [0.4, 0.5) is 11.4 Å². The Labute approximate surface area is 160 Å². The lowest BCUT2D eigenvalue weighted by Crippen LogP contribution is -2.40. The number of hydrogen-bond donors (Lipinski definition) is 0. The molecule has 1 saturated heterocycles. The second-order valence-electron chi connectivity index (χ2n) is 5.63. The maximum Gasteiger partial charge on any atom is 0.266 e. The Morgan fingerprint density at radius 1 is 1.15 bits per heavy atom. The van der Waals surface area contributed by atoms with Gasteiger partial charge in [0.15, 0.2) is 0 Å². The zero-order valence-corrected chi connectivity index (χ0v) is 15.5. The molecular formula is C19H15N2O3S2-. The van der Waals surface area contributed by atoms with Crippen LogP contribution in [-0.2, 0) is 9.59 Å². The van der Waals surface area contributed by atoms with E-state index in [1.54, 1.807) is 6.08 Å². The van der Waals surface area contributed by atoms with Gasteiger partial charge in [-0.05, 0) is 35.9 Å². The van der Waals surface area contributed by atoms with Crippen LogP contribution in [0.5, 0.6) is 0 Å². The number of carbonyl (C=O) groups is 2. The normalized spacial score (nSPS) is 15.6. The van der Waals surface area contributed by atoms with Crippen LogP contribution < -0.4 is 10.0 Å². The van der Waals surface area contributed by atoms with Crippen molar-refractivity contribution in [3.8, 4) is 0 Å². The van der Waals surface area contributed by atoms with E-state index < -0.39 is 18.4 Å². The summed E-state index contributed by atoms with van der Waals surface area (Å²) in [5.74, 6) is -1.74. The highest BCUT2D eigenvalue weighted by atomic mass is 32.2. The standard InChI is InChI=1S/C19H16N2O3S2/c1-20(14-5-3-2-4-6-14)15-9-7-13(8-10-15)11-16-18(24)21(12-17(22)23)19(25)26-16/h2-11H,12H2,1H3,(H,22,23)/p-1/b16-11-. The van der Waals surface area contributed by atoms with E-state index in [9.17, 15) is 14.7 Å². The van der Waals surface area contributed by atoms with Crippen LogP contribution in [0.25, 0.3) is 6.08 Å². The summed E-state index contributed by atoms with van der Waals surface area (Å²) in [6, 6.07) is 17.7. The summed E-state index contributed by atoms with van der Waals surface area (Å²) in [6.45, 7) is -0.525. The number of rotatable bonds is 5. The number of para-hydroxylation sites is 1. The molecule has 3 rings (SSSR count). The fraction of sp³-hybridized carbons (Fsp3) is 0.105. The highest BCUT2D eigenvalue weighted by molar-refractivity contribution is 8.26. The van der Waals surface area contributed by atoms with Gasteiger partial charge in [-0.1, -0.05) is 54.3 Å².